The van der Waals surface area contributed by atoms with E-state index in [1.807, 2.05) is 20.8 Å². The number of nitrogens with one attached hydrogen (secondary N) is 2. The third-order valence-electron chi connectivity index (χ3n) is 3.92. The fraction of sp³-hybridized carbons (Fsp3) is 0.350. The monoisotopic (exact) mass is 310 g/mol. The fourth-order valence-corrected chi connectivity index (χ4v) is 2.98. The van der Waals surface area contributed by atoms with E-state index < -0.39 is 0 Å². The number of carbonyl (C=O) groups is 1. The van der Waals surface area contributed by atoms with Crippen LogP contribution >= 0.6 is 0 Å². The minimum Gasteiger partial charge on any atom is -0.374 e. The molecule has 0 aliphatic heterocycles. The Balaban J connectivity index is 2.11. The molecular formula is C20H26N2O. The Bertz CT molecular complexity index is 691. The average molecular weight is 310 g/mol. The molecule has 0 aliphatic carbocycles. The van der Waals surface area contributed by atoms with Gasteiger partial charge in [0.05, 0.1) is 0 Å². The van der Waals surface area contributed by atoms with Crippen molar-refractivity contribution in [3.63, 3.8) is 0 Å². The van der Waals surface area contributed by atoms with E-state index in [1.165, 1.54) is 16.7 Å². The molecule has 1 atom stereocenters. The highest BCUT2D eigenvalue weighted by Gasteiger charge is 2.15. The number of hydrogen-bond donors (Lipinski definition) is 2. The van der Waals surface area contributed by atoms with Gasteiger partial charge < -0.3 is 10.6 Å². The largest absolute Gasteiger partial charge is 0.374 e. The number of rotatable bonds is 4. The SMILES string of the molecule is Cc1cc(C)cc(N[C@@H](C)C(=O)Nc2c(C)cc(C)cc2C)c1. The normalized spacial score (nSPS) is 11.9. The van der Waals surface area contributed by atoms with Gasteiger partial charge in [-0.1, -0.05) is 23.8 Å². The maximum atomic E-state index is 12.5. The lowest BCUT2D eigenvalue weighted by molar-refractivity contribution is -0.116. The second kappa shape index (κ2) is 6.86. The minimum atomic E-state index is -0.309. The van der Waals surface area contributed by atoms with E-state index in [2.05, 4.69) is 61.7 Å². The highest BCUT2D eigenvalue weighted by molar-refractivity contribution is 5.97. The van der Waals surface area contributed by atoms with Crippen molar-refractivity contribution in [2.75, 3.05) is 10.6 Å². The van der Waals surface area contributed by atoms with E-state index in [0.717, 1.165) is 22.5 Å². The zero-order valence-electron chi connectivity index (χ0n) is 14.9. The van der Waals surface area contributed by atoms with Crippen LogP contribution < -0.4 is 10.6 Å². The van der Waals surface area contributed by atoms with Crippen LogP contribution in [-0.2, 0) is 4.79 Å². The third-order valence-corrected chi connectivity index (χ3v) is 3.92. The van der Waals surface area contributed by atoms with Gasteiger partial charge in [-0.3, -0.25) is 4.79 Å². The summed E-state index contributed by atoms with van der Waals surface area (Å²) in [5.74, 6) is -0.0285. The summed E-state index contributed by atoms with van der Waals surface area (Å²) in [7, 11) is 0. The molecule has 0 saturated carbocycles. The molecule has 0 saturated heterocycles. The summed E-state index contributed by atoms with van der Waals surface area (Å²) < 4.78 is 0. The van der Waals surface area contributed by atoms with Crippen LogP contribution in [0.1, 0.15) is 34.7 Å². The molecule has 0 spiro atoms. The summed E-state index contributed by atoms with van der Waals surface area (Å²) >= 11 is 0. The predicted octanol–water partition coefficient (Wildman–Crippen LogP) is 4.67. The highest BCUT2D eigenvalue weighted by Crippen LogP contribution is 2.22. The highest BCUT2D eigenvalue weighted by atomic mass is 16.2. The average Bonchev–Trinajstić information content (AvgIpc) is 2.41. The van der Waals surface area contributed by atoms with Crippen LogP contribution in [0.3, 0.4) is 0 Å². The predicted molar refractivity (Wildman–Crippen MR) is 98.3 cm³/mol. The van der Waals surface area contributed by atoms with E-state index >= 15 is 0 Å². The Morgan fingerprint density at radius 3 is 1.83 bits per heavy atom. The molecule has 0 aliphatic rings. The summed E-state index contributed by atoms with van der Waals surface area (Å²) in [6, 6.07) is 10.1. The molecule has 0 unspecified atom stereocenters. The molecule has 3 nitrogen and oxygen atoms in total. The first-order valence-electron chi connectivity index (χ1n) is 8.00. The second-order valence-electron chi connectivity index (χ2n) is 6.51. The Morgan fingerprint density at radius 1 is 0.826 bits per heavy atom. The summed E-state index contributed by atoms with van der Waals surface area (Å²) in [6.45, 7) is 12.1. The van der Waals surface area contributed by atoms with Gasteiger partial charge in [-0.2, -0.15) is 0 Å². The molecule has 0 radical (unpaired) electrons. The maximum absolute atomic E-state index is 12.5. The molecule has 0 fully saturated rings. The van der Waals surface area contributed by atoms with Crippen LogP contribution in [0.5, 0.6) is 0 Å². The smallest absolute Gasteiger partial charge is 0.246 e. The lowest BCUT2D eigenvalue weighted by Crippen LogP contribution is -2.32. The van der Waals surface area contributed by atoms with Crippen molar-refractivity contribution in [3.05, 3.63) is 58.1 Å². The van der Waals surface area contributed by atoms with Gasteiger partial charge in [0.1, 0.15) is 6.04 Å². The van der Waals surface area contributed by atoms with Crippen LogP contribution in [0.4, 0.5) is 11.4 Å². The van der Waals surface area contributed by atoms with E-state index in [4.69, 9.17) is 0 Å². The molecule has 2 N–H and O–H groups in total. The Hall–Kier alpha value is -2.29. The fourth-order valence-electron chi connectivity index (χ4n) is 2.98. The minimum absolute atomic E-state index is 0.0285. The van der Waals surface area contributed by atoms with E-state index in [1.54, 1.807) is 0 Å². The van der Waals surface area contributed by atoms with Crippen LogP contribution in [0.25, 0.3) is 0 Å². The third kappa shape index (κ3) is 4.35. The first-order valence-corrected chi connectivity index (χ1v) is 8.00. The molecule has 23 heavy (non-hydrogen) atoms. The Labute approximate surface area is 139 Å². The van der Waals surface area contributed by atoms with Crippen molar-refractivity contribution in [2.45, 2.75) is 47.6 Å². The number of carbonyl (C=O) groups excluding carboxylic acids is 1. The number of benzene rings is 2. The molecule has 0 heterocycles. The van der Waals surface area contributed by atoms with E-state index in [9.17, 15) is 4.79 Å². The van der Waals surface area contributed by atoms with Crippen molar-refractivity contribution in [1.82, 2.24) is 0 Å². The van der Waals surface area contributed by atoms with Gasteiger partial charge >= 0.3 is 0 Å². The number of anilines is 2. The Kier molecular flexibility index (Phi) is 5.09. The topological polar surface area (TPSA) is 41.1 Å². The van der Waals surface area contributed by atoms with Crippen molar-refractivity contribution >= 4 is 17.3 Å². The summed E-state index contributed by atoms with van der Waals surface area (Å²) in [5, 5.41) is 6.34. The van der Waals surface area contributed by atoms with Crippen molar-refractivity contribution < 1.29 is 4.79 Å². The van der Waals surface area contributed by atoms with Crippen molar-refractivity contribution in [1.29, 1.82) is 0 Å². The molecule has 3 heteroatoms. The standard InChI is InChI=1S/C20H26N2O/c1-12-7-13(2)11-18(10-12)21-17(6)20(23)22-19-15(4)8-14(3)9-16(19)5/h7-11,17,21H,1-6H3,(H,22,23)/t17-/m0/s1. The Morgan fingerprint density at radius 2 is 1.30 bits per heavy atom. The quantitative estimate of drug-likeness (QED) is 0.861. The molecule has 2 aromatic carbocycles. The van der Waals surface area contributed by atoms with Gasteiger partial charge in [0.25, 0.3) is 0 Å². The number of aryl methyl sites for hydroxylation is 5. The first-order chi connectivity index (χ1) is 10.8. The molecule has 2 rings (SSSR count). The van der Waals surface area contributed by atoms with Crippen LogP contribution in [0.15, 0.2) is 30.3 Å². The first kappa shape index (κ1) is 17.1. The van der Waals surface area contributed by atoms with Crippen molar-refractivity contribution in [3.8, 4) is 0 Å². The molecule has 1 amide bonds. The van der Waals surface area contributed by atoms with Gasteiger partial charge in [-0.15, -0.1) is 0 Å². The second-order valence-corrected chi connectivity index (χ2v) is 6.51. The van der Waals surface area contributed by atoms with Crippen LogP contribution in [0.2, 0.25) is 0 Å². The summed E-state index contributed by atoms with van der Waals surface area (Å²) in [6.07, 6.45) is 0. The molecule has 0 aromatic heterocycles. The van der Waals surface area contributed by atoms with Crippen LogP contribution in [-0.4, -0.2) is 11.9 Å². The van der Waals surface area contributed by atoms with E-state index in [0.29, 0.717) is 0 Å². The van der Waals surface area contributed by atoms with E-state index in [-0.39, 0.29) is 11.9 Å². The van der Waals surface area contributed by atoms with Crippen LogP contribution in [0, 0.1) is 34.6 Å². The maximum Gasteiger partial charge on any atom is 0.246 e. The molecule has 2 aromatic rings. The zero-order chi connectivity index (χ0) is 17.1. The number of amides is 1. The zero-order valence-corrected chi connectivity index (χ0v) is 14.9. The van der Waals surface area contributed by atoms with Gasteiger partial charge in [0.15, 0.2) is 0 Å². The lowest BCUT2D eigenvalue weighted by Gasteiger charge is -2.18. The summed E-state index contributed by atoms with van der Waals surface area (Å²) in [5.41, 5.74) is 7.65. The molecule has 0 bridgehead atoms. The van der Waals surface area contributed by atoms with Gasteiger partial charge in [0.2, 0.25) is 5.91 Å². The van der Waals surface area contributed by atoms with Gasteiger partial charge in [-0.05, 0) is 75.9 Å². The molecule has 122 valence electrons. The van der Waals surface area contributed by atoms with Crippen molar-refractivity contribution in [2.24, 2.45) is 0 Å². The number of hydrogen-bond acceptors (Lipinski definition) is 2. The van der Waals surface area contributed by atoms with Gasteiger partial charge in [-0.25, -0.2) is 0 Å². The van der Waals surface area contributed by atoms with Gasteiger partial charge in [0, 0.05) is 11.4 Å². The molecular weight excluding hydrogens is 284 g/mol. The lowest BCUT2D eigenvalue weighted by atomic mass is 10.0. The summed E-state index contributed by atoms with van der Waals surface area (Å²) in [4.78, 5) is 12.5.